The lowest BCUT2D eigenvalue weighted by molar-refractivity contribution is -0.140. The third kappa shape index (κ3) is 6.95. The van der Waals surface area contributed by atoms with Crippen LogP contribution in [0.1, 0.15) is 38.3 Å². The molecule has 0 fully saturated rings. The van der Waals surface area contributed by atoms with Crippen molar-refractivity contribution in [3.8, 4) is 11.5 Å². The summed E-state index contributed by atoms with van der Waals surface area (Å²) in [4.78, 5) is 11.5. The van der Waals surface area contributed by atoms with E-state index in [0.29, 0.717) is 51.7 Å². The molecule has 0 aliphatic rings. The lowest BCUT2D eigenvalue weighted by atomic mass is 10.0. The Balaban J connectivity index is 2.19. The highest BCUT2D eigenvalue weighted by molar-refractivity contribution is 6.36. The average molecular weight is 475 g/mol. The zero-order chi connectivity index (χ0) is 22.3. The molecule has 0 radical (unpaired) electrons. The van der Waals surface area contributed by atoms with Crippen LogP contribution in [-0.4, -0.2) is 23.7 Å². The van der Waals surface area contributed by atoms with Crippen molar-refractivity contribution in [1.82, 2.24) is 5.32 Å². The standard InChI is InChI=1S/C22H26Cl3NO4/c1-4-29-20-9-14(11-26-19(22(27)28)8-13(2)3)18(25)10-21(20)30-12-15-16(23)6-5-7-17(15)24/h5-7,9-10,13,19,26H,4,8,11-12H2,1-3H3,(H,27,28). The molecule has 2 aromatic carbocycles. The zero-order valence-corrected chi connectivity index (χ0v) is 19.4. The van der Waals surface area contributed by atoms with Gasteiger partial charge in [-0.1, -0.05) is 54.7 Å². The van der Waals surface area contributed by atoms with E-state index >= 15 is 0 Å². The average Bonchev–Trinajstić information content (AvgIpc) is 2.66. The number of rotatable bonds is 11. The molecule has 164 valence electrons. The van der Waals surface area contributed by atoms with Crippen molar-refractivity contribution in [2.75, 3.05) is 6.61 Å². The minimum Gasteiger partial charge on any atom is -0.490 e. The van der Waals surface area contributed by atoms with Gasteiger partial charge in [-0.25, -0.2) is 0 Å². The highest BCUT2D eigenvalue weighted by Crippen LogP contribution is 2.35. The number of carboxylic acid groups (broad SMARTS) is 1. The van der Waals surface area contributed by atoms with Crippen LogP contribution >= 0.6 is 34.8 Å². The molecule has 2 aromatic rings. The maximum absolute atomic E-state index is 11.5. The van der Waals surface area contributed by atoms with Crippen LogP contribution < -0.4 is 14.8 Å². The summed E-state index contributed by atoms with van der Waals surface area (Å²) in [5.74, 6) is 0.332. The third-order valence-corrected chi connectivity index (χ3v) is 5.45. The maximum Gasteiger partial charge on any atom is 0.320 e. The number of benzene rings is 2. The van der Waals surface area contributed by atoms with Crippen molar-refractivity contribution in [2.45, 2.75) is 46.4 Å². The summed E-state index contributed by atoms with van der Waals surface area (Å²) in [5, 5.41) is 13.9. The van der Waals surface area contributed by atoms with Gasteiger partial charge in [0, 0.05) is 33.2 Å². The van der Waals surface area contributed by atoms with Gasteiger partial charge >= 0.3 is 5.97 Å². The molecule has 0 heterocycles. The minimum absolute atomic E-state index is 0.155. The number of halogens is 3. The fourth-order valence-electron chi connectivity index (χ4n) is 2.89. The van der Waals surface area contributed by atoms with Crippen LogP contribution in [0.25, 0.3) is 0 Å². The Labute approximate surface area is 192 Å². The van der Waals surface area contributed by atoms with E-state index in [0.717, 1.165) is 5.56 Å². The van der Waals surface area contributed by atoms with E-state index in [1.807, 2.05) is 20.8 Å². The van der Waals surface area contributed by atoms with Crippen LogP contribution in [0.15, 0.2) is 30.3 Å². The second-order valence-corrected chi connectivity index (χ2v) is 8.44. The predicted molar refractivity (Wildman–Crippen MR) is 121 cm³/mol. The van der Waals surface area contributed by atoms with Gasteiger partial charge in [0.1, 0.15) is 12.6 Å². The van der Waals surface area contributed by atoms with Crippen molar-refractivity contribution in [3.63, 3.8) is 0 Å². The molecule has 0 aliphatic carbocycles. The van der Waals surface area contributed by atoms with Crippen molar-refractivity contribution < 1.29 is 19.4 Å². The van der Waals surface area contributed by atoms with Gasteiger partial charge in [0.2, 0.25) is 0 Å². The number of carbonyl (C=O) groups is 1. The summed E-state index contributed by atoms with van der Waals surface area (Å²) >= 11 is 18.9. The Morgan fingerprint density at radius 2 is 1.70 bits per heavy atom. The first-order valence-corrected chi connectivity index (χ1v) is 10.8. The third-order valence-electron chi connectivity index (χ3n) is 4.39. The van der Waals surface area contributed by atoms with Gasteiger partial charge in [0.25, 0.3) is 0 Å². The van der Waals surface area contributed by atoms with E-state index in [-0.39, 0.29) is 12.5 Å². The van der Waals surface area contributed by atoms with Gasteiger partial charge in [0.05, 0.1) is 6.61 Å². The summed E-state index contributed by atoms with van der Waals surface area (Å²) in [6.07, 6.45) is 0.519. The van der Waals surface area contributed by atoms with Crippen LogP contribution in [0.5, 0.6) is 11.5 Å². The molecular weight excluding hydrogens is 449 g/mol. The van der Waals surface area contributed by atoms with Gasteiger partial charge in [0.15, 0.2) is 11.5 Å². The van der Waals surface area contributed by atoms with E-state index in [2.05, 4.69) is 5.32 Å². The predicted octanol–water partition coefficient (Wildman–Crippen LogP) is 6.21. The van der Waals surface area contributed by atoms with Gasteiger partial charge < -0.3 is 19.9 Å². The molecule has 1 atom stereocenters. The number of aliphatic carboxylic acids is 1. The van der Waals surface area contributed by atoms with E-state index in [1.54, 1.807) is 30.3 Å². The molecule has 8 heteroatoms. The Morgan fingerprint density at radius 3 is 2.27 bits per heavy atom. The Bertz CT molecular complexity index is 853. The fourth-order valence-corrected chi connectivity index (χ4v) is 3.62. The second kappa shape index (κ2) is 11.7. The van der Waals surface area contributed by atoms with Crippen molar-refractivity contribution >= 4 is 40.8 Å². The monoisotopic (exact) mass is 473 g/mol. The van der Waals surface area contributed by atoms with Crippen LogP contribution in [-0.2, 0) is 17.9 Å². The SMILES string of the molecule is CCOc1cc(CNC(CC(C)C)C(=O)O)c(Cl)cc1OCc1c(Cl)cccc1Cl. The molecule has 1 unspecified atom stereocenters. The molecule has 0 spiro atoms. The second-order valence-electron chi connectivity index (χ2n) is 7.21. The van der Waals surface area contributed by atoms with E-state index < -0.39 is 12.0 Å². The first-order valence-electron chi connectivity index (χ1n) is 9.70. The fraction of sp³-hybridized carbons (Fsp3) is 0.409. The first-order chi connectivity index (χ1) is 14.2. The molecule has 0 saturated heterocycles. The number of ether oxygens (including phenoxy) is 2. The van der Waals surface area contributed by atoms with Crippen LogP contribution in [0.2, 0.25) is 15.1 Å². The number of hydrogen-bond donors (Lipinski definition) is 2. The zero-order valence-electron chi connectivity index (χ0n) is 17.2. The van der Waals surface area contributed by atoms with Crippen LogP contribution in [0, 0.1) is 5.92 Å². The number of nitrogens with one attached hydrogen (secondary N) is 1. The van der Waals surface area contributed by atoms with E-state index in [4.69, 9.17) is 44.3 Å². The highest BCUT2D eigenvalue weighted by atomic mass is 35.5. The molecule has 30 heavy (non-hydrogen) atoms. The van der Waals surface area contributed by atoms with Gasteiger partial charge in [-0.3, -0.25) is 4.79 Å². The van der Waals surface area contributed by atoms with Gasteiger partial charge in [-0.05, 0) is 43.0 Å². The lowest BCUT2D eigenvalue weighted by Crippen LogP contribution is -2.37. The number of hydrogen-bond acceptors (Lipinski definition) is 4. The summed E-state index contributed by atoms with van der Waals surface area (Å²) < 4.78 is 11.6. The van der Waals surface area contributed by atoms with Gasteiger partial charge in [-0.15, -0.1) is 0 Å². The largest absolute Gasteiger partial charge is 0.490 e. The molecule has 2 rings (SSSR count). The van der Waals surface area contributed by atoms with Gasteiger partial charge in [-0.2, -0.15) is 0 Å². The summed E-state index contributed by atoms with van der Waals surface area (Å²) in [7, 11) is 0. The van der Waals surface area contributed by atoms with E-state index in [1.165, 1.54) is 0 Å². The van der Waals surface area contributed by atoms with E-state index in [9.17, 15) is 9.90 Å². The van der Waals surface area contributed by atoms with Crippen LogP contribution in [0.4, 0.5) is 0 Å². The molecule has 0 aromatic heterocycles. The van der Waals surface area contributed by atoms with Crippen molar-refractivity contribution in [1.29, 1.82) is 0 Å². The Kier molecular flexibility index (Phi) is 9.56. The van der Waals surface area contributed by atoms with Crippen molar-refractivity contribution in [2.24, 2.45) is 5.92 Å². The minimum atomic E-state index is -0.888. The Hall–Kier alpha value is -1.66. The quantitative estimate of drug-likeness (QED) is 0.405. The highest BCUT2D eigenvalue weighted by Gasteiger charge is 2.20. The summed E-state index contributed by atoms with van der Waals surface area (Å²) in [6, 6.07) is 8.02. The topological polar surface area (TPSA) is 67.8 Å². The molecule has 5 nitrogen and oxygen atoms in total. The summed E-state index contributed by atoms with van der Waals surface area (Å²) in [5.41, 5.74) is 1.39. The molecule has 0 saturated carbocycles. The summed E-state index contributed by atoms with van der Waals surface area (Å²) in [6.45, 7) is 6.71. The molecule has 0 bridgehead atoms. The molecule has 0 aliphatic heterocycles. The molecule has 0 amide bonds. The number of carboxylic acids is 1. The molecule has 2 N–H and O–H groups in total. The van der Waals surface area contributed by atoms with Crippen LogP contribution in [0.3, 0.4) is 0 Å². The maximum atomic E-state index is 11.5. The first kappa shape index (κ1) is 24.6. The lowest BCUT2D eigenvalue weighted by Gasteiger charge is -2.19. The van der Waals surface area contributed by atoms with Crippen molar-refractivity contribution in [3.05, 3.63) is 56.5 Å². The Morgan fingerprint density at radius 1 is 1.07 bits per heavy atom. The smallest absolute Gasteiger partial charge is 0.320 e. The normalized spacial score (nSPS) is 12.1. The molecular formula is C22H26Cl3NO4.